The fourth-order valence-electron chi connectivity index (χ4n) is 4.07. The zero-order valence-corrected chi connectivity index (χ0v) is 14.5. The first-order valence-corrected chi connectivity index (χ1v) is 9.14. The number of hydrogen-bond donors (Lipinski definition) is 1. The summed E-state index contributed by atoms with van der Waals surface area (Å²) in [7, 11) is 0. The maximum atomic E-state index is 13.3. The molecule has 6 heteroatoms. The monoisotopic (exact) mass is 348 g/mol. The molecule has 3 fully saturated rings. The van der Waals surface area contributed by atoms with E-state index in [9.17, 15) is 9.18 Å². The molecule has 1 saturated carbocycles. The second kappa shape index (κ2) is 6.57. The molecule has 1 aromatic rings. The van der Waals surface area contributed by atoms with Crippen molar-refractivity contribution < 1.29 is 18.7 Å². The van der Waals surface area contributed by atoms with E-state index in [4.69, 9.17) is 9.47 Å². The first-order chi connectivity index (χ1) is 12.0. The number of likely N-dealkylation sites (tertiary alicyclic amines) is 1. The predicted octanol–water partition coefficient (Wildman–Crippen LogP) is 2.87. The van der Waals surface area contributed by atoms with E-state index in [1.165, 1.54) is 6.07 Å². The minimum atomic E-state index is -0.567. The second-order valence-corrected chi connectivity index (χ2v) is 7.45. The van der Waals surface area contributed by atoms with Crippen LogP contribution in [-0.4, -0.2) is 49.1 Å². The molecular formula is C19H25FN2O3. The lowest BCUT2D eigenvalue weighted by Crippen LogP contribution is -2.51. The van der Waals surface area contributed by atoms with Crippen LogP contribution in [0.25, 0.3) is 0 Å². The van der Waals surface area contributed by atoms with Crippen LogP contribution in [0.2, 0.25) is 0 Å². The zero-order chi connectivity index (χ0) is 17.4. The lowest BCUT2D eigenvalue weighted by molar-refractivity contribution is -0.189. The smallest absolute Gasteiger partial charge is 0.317 e. The average molecular weight is 348 g/mol. The molecule has 2 saturated heterocycles. The van der Waals surface area contributed by atoms with E-state index in [0.717, 1.165) is 31.4 Å². The van der Waals surface area contributed by atoms with E-state index in [1.54, 1.807) is 12.1 Å². The van der Waals surface area contributed by atoms with Gasteiger partial charge in [0, 0.05) is 31.0 Å². The summed E-state index contributed by atoms with van der Waals surface area (Å²) in [4.78, 5) is 14.5. The van der Waals surface area contributed by atoms with Crippen molar-refractivity contribution in [2.45, 2.75) is 43.9 Å². The van der Waals surface area contributed by atoms with E-state index in [0.29, 0.717) is 19.8 Å². The van der Waals surface area contributed by atoms with Crippen molar-refractivity contribution in [2.75, 3.05) is 26.3 Å². The van der Waals surface area contributed by atoms with Gasteiger partial charge in [0.05, 0.1) is 13.2 Å². The number of benzene rings is 1. The Kier molecular flexibility index (Phi) is 4.41. The van der Waals surface area contributed by atoms with Gasteiger partial charge in [0.2, 0.25) is 0 Å². The third kappa shape index (κ3) is 3.51. The molecule has 0 aromatic heterocycles. The summed E-state index contributed by atoms with van der Waals surface area (Å²) < 4.78 is 24.9. The van der Waals surface area contributed by atoms with Crippen molar-refractivity contribution in [1.82, 2.24) is 10.2 Å². The topological polar surface area (TPSA) is 50.8 Å². The van der Waals surface area contributed by atoms with Gasteiger partial charge in [-0.1, -0.05) is 12.1 Å². The Labute approximate surface area is 147 Å². The van der Waals surface area contributed by atoms with Gasteiger partial charge in [-0.15, -0.1) is 0 Å². The molecule has 4 rings (SSSR count). The summed E-state index contributed by atoms with van der Waals surface area (Å²) in [6, 6.07) is 6.72. The van der Waals surface area contributed by atoms with Gasteiger partial charge in [0.1, 0.15) is 5.82 Å². The van der Waals surface area contributed by atoms with Gasteiger partial charge >= 0.3 is 6.03 Å². The number of urea groups is 1. The fraction of sp³-hybridized carbons (Fsp3) is 0.632. The highest BCUT2D eigenvalue weighted by Crippen LogP contribution is 2.41. The minimum absolute atomic E-state index is 0.0322. The van der Waals surface area contributed by atoms with Crippen molar-refractivity contribution >= 4 is 6.03 Å². The van der Waals surface area contributed by atoms with Gasteiger partial charge in [-0.05, 0) is 43.9 Å². The van der Waals surface area contributed by atoms with E-state index in [1.807, 2.05) is 17.9 Å². The van der Waals surface area contributed by atoms with Crippen molar-refractivity contribution in [1.29, 1.82) is 0 Å². The molecule has 2 amide bonds. The molecule has 1 aliphatic carbocycles. The van der Waals surface area contributed by atoms with Gasteiger partial charge in [-0.2, -0.15) is 0 Å². The van der Waals surface area contributed by atoms with Crippen molar-refractivity contribution in [3.8, 4) is 0 Å². The molecule has 1 N–H and O–H groups in total. The lowest BCUT2D eigenvalue weighted by atomic mass is 9.90. The number of carbonyl (C=O) groups is 1. The Morgan fingerprint density at radius 1 is 1.36 bits per heavy atom. The Balaban J connectivity index is 1.32. The fourth-order valence-corrected chi connectivity index (χ4v) is 4.07. The van der Waals surface area contributed by atoms with E-state index in [2.05, 4.69) is 5.32 Å². The molecule has 3 aliphatic rings. The molecule has 1 aromatic carbocycles. The molecule has 136 valence electrons. The van der Waals surface area contributed by atoms with Crippen LogP contribution in [-0.2, 0) is 9.47 Å². The Bertz CT molecular complexity index is 647. The number of rotatable bonds is 3. The summed E-state index contributed by atoms with van der Waals surface area (Å²) in [5, 5.41) is 3.10. The van der Waals surface area contributed by atoms with Crippen LogP contribution in [0.3, 0.4) is 0 Å². The first kappa shape index (κ1) is 16.8. The van der Waals surface area contributed by atoms with Crippen LogP contribution in [0.4, 0.5) is 9.18 Å². The quantitative estimate of drug-likeness (QED) is 0.914. The number of nitrogens with one attached hydrogen (secondary N) is 1. The molecule has 0 radical (unpaired) electrons. The average Bonchev–Trinajstić information content (AvgIpc) is 3.24. The molecule has 0 spiro atoms. The van der Waals surface area contributed by atoms with Gasteiger partial charge in [0.25, 0.3) is 0 Å². The SMILES string of the molecule is CC1(C2CCCN(C(=O)NC3CC3c3cccc(F)c3)C2)OCCO1. The third-order valence-corrected chi connectivity index (χ3v) is 5.69. The maximum absolute atomic E-state index is 13.3. The van der Waals surface area contributed by atoms with Crippen molar-refractivity contribution in [2.24, 2.45) is 5.92 Å². The van der Waals surface area contributed by atoms with Gasteiger partial charge in [-0.3, -0.25) is 0 Å². The van der Waals surface area contributed by atoms with Crippen LogP contribution >= 0.6 is 0 Å². The predicted molar refractivity (Wildman–Crippen MR) is 90.7 cm³/mol. The zero-order valence-electron chi connectivity index (χ0n) is 14.5. The molecule has 0 bridgehead atoms. The number of halogens is 1. The molecule has 2 heterocycles. The van der Waals surface area contributed by atoms with Crippen LogP contribution in [0, 0.1) is 11.7 Å². The van der Waals surface area contributed by atoms with Gasteiger partial charge in [0.15, 0.2) is 5.79 Å². The van der Waals surface area contributed by atoms with E-state index >= 15 is 0 Å². The number of nitrogens with zero attached hydrogens (tertiary/aromatic N) is 1. The molecule has 3 unspecified atom stereocenters. The summed E-state index contributed by atoms with van der Waals surface area (Å²) in [5.41, 5.74) is 0.960. The van der Waals surface area contributed by atoms with Crippen LogP contribution in [0.1, 0.15) is 37.7 Å². The van der Waals surface area contributed by atoms with Gasteiger partial charge < -0.3 is 19.7 Å². The lowest BCUT2D eigenvalue weighted by Gasteiger charge is -2.39. The standard InChI is InChI=1S/C19H25FN2O3/c1-19(24-8-9-25-19)14-5-3-7-22(12-14)18(23)21-17-11-16(17)13-4-2-6-15(20)10-13/h2,4,6,10,14,16-17H,3,5,7-9,11-12H2,1H3,(H,21,23). The summed E-state index contributed by atoms with van der Waals surface area (Å²) in [6.45, 7) is 4.63. The molecule has 3 atom stereocenters. The Morgan fingerprint density at radius 3 is 2.92 bits per heavy atom. The van der Waals surface area contributed by atoms with Crippen molar-refractivity contribution in [3.05, 3.63) is 35.6 Å². The third-order valence-electron chi connectivity index (χ3n) is 5.69. The molecule has 2 aliphatic heterocycles. The van der Waals surface area contributed by atoms with Crippen molar-refractivity contribution in [3.63, 3.8) is 0 Å². The molecular weight excluding hydrogens is 323 g/mol. The number of piperidine rings is 1. The highest BCUT2D eigenvalue weighted by Gasteiger charge is 2.44. The maximum Gasteiger partial charge on any atom is 0.317 e. The van der Waals surface area contributed by atoms with Crippen LogP contribution in [0.15, 0.2) is 24.3 Å². The number of hydrogen-bond acceptors (Lipinski definition) is 3. The number of amides is 2. The second-order valence-electron chi connectivity index (χ2n) is 7.45. The largest absolute Gasteiger partial charge is 0.347 e. The van der Waals surface area contributed by atoms with E-state index in [-0.39, 0.29) is 29.7 Å². The molecule has 25 heavy (non-hydrogen) atoms. The summed E-state index contributed by atoms with van der Waals surface area (Å²) in [6.07, 6.45) is 2.84. The van der Waals surface area contributed by atoms with Crippen LogP contribution < -0.4 is 5.32 Å². The number of carbonyl (C=O) groups excluding carboxylic acids is 1. The summed E-state index contributed by atoms with van der Waals surface area (Å²) in [5.74, 6) is -0.368. The Hall–Kier alpha value is -1.66. The highest BCUT2D eigenvalue weighted by molar-refractivity contribution is 5.75. The minimum Gasteiger partial charge on any atom is -0.347 e. The Morgan fingerprint density at radius 2 is 2.16 bits per heavy atom. The van der Waals surface area contributed by atoms with Gasteiger partial charge in [-0.25, -0.2) is 9.18 Å². The summed E-state index contributed by atoms with van der Waals surface area (Å²) >= 11 is 0. The first-order valence-electron chi connectivity index (χ1n) is 9.14. The normalized spacial score (nSPS) is 31.0. The number of ether oxygens (including phenoxy) is 2. The molecule has 5 nitrogen and oxygen atoms in total. The highest BCUT2D eigenvalue weighted by atomic mass is 19.1. The van der Waals surface area contributed by atoms with E-state index < -0.39 is 5.79 Å². The van der Waals surface area contributed by atoms with Crippen LogP contribution in [0.5, 0.6) is 0 Å².